The van der Waals surface area contributed by atoms with Crippen molar-refractivity contribution in [2.75, 3.05) is 31.1 Å². The molecule has 3 heterocycles. The maximum Gasteiger partial charge on any atom is 0.255 e. The first kappa shape index (κ1) is 26.7. The Morgan fingerprint density at radius 3 is 2.29 bits per heavy atom. The number of fused-ring (bicyclic) bond motifs is 1. The zero-order valence-electron chi connectivity index (χ0n) is 22.5. The van der Waals surface area contributed by atoms with Gasteiger partial charge in [0.2, 0.25) is 5.91 Å². The molecule has 9 nitrogen and oxygen atoms in total. The van der Waals surface area contributed by atoms with Crippen LogP contribution in [0.15, 0.2) is 24.3 Å². The highest BCUT2D eigenvalue weighted by Crippen LogP contribution is 2.37. The van der Waals surface area contributed by atoms with E-state index in [-0.39, 0.29) is 36.0 Å². The number of hydrogen-bond acceptors (Lipinski definition) is 6. The summed E-state index contributed by atoms with van der Waals surface area (Å²) in [4.78, 5) is 58.5. The summed E-state index contributed by atoms with van der Waals surface area (Å²) in [6.45, 7) is 6.30. The van der Waals surface area contributed by atoms with Gasteiger partial charge < -0.3 is 25.1 Å². The molecule has 3 unspecified atom stereocenters. The van der Waals surface area contributed by atoms with Gasteiger partial charge in [0, 0.05) is 30.9 Å². The molecule has 9 heteroatoms. The van der Waals surface area contributed by atoms with E-state index in [0.29, 0.717) is 37.8 Å². The van der Waals surface area contributed by atoms with Crippen LogP contribution in [0.1, 0.15) is 75.6 Å². The van der Waals surface area contributed by atoms with Gasteiger partial charge in [0.25, 0.3) is 11.8 Å². The average Bonchev–Trinajstić information content (AvgIpc) is 3.69. The molecule has 3 saturated heterocycles. The molecule has 0 spiro atoms. The molecule has 2 N–H and O–H groups in total. The number of hydrogen-bond donors (Lipinski definition) is 2. The Balaban J connectivity index is 1.28. The van der Waals surface area contributed by atoms with Crippen LogP contribution < -0.4 is 10.2 Å². The van der Waals surface area contributed by atoms with Crippen molar-refractivity contribution in [3.63, 3.8) is 0 Å². The fourth-order valence-corrected chi connectivity index (χ4v) is 6.71. The molecule has 1 saturated carbocycles. The first-order valence-electron chi connectivity index (χ1n) is 14.2. The third kappa shape index (κ3) is 5.05. The topological polar surface area (TPSA) is 110 Å². The van der Waals surface area contributed by atoms with E-state index in [4.69, 9.17) is 0 Å². The largest absolute Gasteiger partial charge is 0.380 e. The number of rotatable bonds is 7. The fourth-order valence-electron chi connectivity index (χ4n) is 6.71. The maximum absolute atomic E-state index is 13.8. The van der Waals surface area contributed by atoms with E-state index >= 15 is 0 Å². The number of likely N-dealkylation sites (tertiary alicyclic amines) is 2. The molecule has 0 bridgehead atoms. The summed E-state index contributed by atoms with van der Waals surface area (Å²) in [5.74, 6) is -1.01. The van der Waals surface area contributed by atoms with Crippen LogP contribution in [0.25, 0.3) is 0 Å². The molecular formula is C29H40N4O5. The summed E-state index contributed by atoms with van der Waals surface area (Å²) in [5, 5.41) is 13.8. The summed E-state index contributed by atoms with van der Waals surface area (Å²) >= 11 is 0. The number of nitrogens with zero attached hydrogens (tertiary/aromatic N) is 3. The van der Waals surface area contributed by atoms with Gasteiger partial charge in [-0.15, -0.1) is 0 Å². The Kier molecular flexibility index (Phi) is 7.49. The highest BCUT2D eigenvalue weighted by atomic mass is 16.3. The molecule has 3 atom stereocenters. The van der Waals surface area contributed by atoms with Crippen LogP contribution in [0.4, 0.5) is 5.69 Å². The summed E-state index contributed by atoms with van der Waals surface area (Å²) in [7, 11) is 0. The van der Waals surface area contributed by atoms with Crippen LogP contribution in [0.3, 0.4) is 0 Å². The summed E-state index contributed by atoms with van der Waals surface area (Å²) in [6.07, 6.45) is 5.70. The number of nitrogens with one attached hydrogen (secondary N) is 1. The van der Waals surface area contributed by atoms with E-state index in [1.807, 2.05) is 26.0 Å². The minimum Gasteiger partial charge on any atom is -0.380 e. The third-order valence-electron chi connectivity index (χ3n) is 8.71. The molecule has 1 aromatic carbocycles. The number of benzene rings is 1. The maximum atomic E-state index is 13.8. The van der Waals surface area contributed by atoms with Crippen molar-refractivity contribution in [1.29, 1.82) is 0 Å². The van der Waals surface area contributed by atoms with Crippen LogP contribution in [0.5, 0.6) is 0 Å². The second-order valence-corrected chi connectivity index (χ2v) is 11.9. The first-order chi connectivity index (χ1) is 18.2. The Morgan fingerprint density at radius 2 is 1.66 bits per heavy atom. The van der Waals surface area contributed by atoms with Gasteiger partial charge in [0.05, 0.1) is 12.6 Å². The lowest BCUT2D eigenvalue weighted by Gasteiger charge is -2.31. The summed E-state index contributed by atoms with van der Waals surface area (Å²) in [5.41, 5.74) is 0.191. The minimum absolute atomic E-state index is 0.0785. The van der Waals surface area contributed by atoms with Crippen molar-refractivity contribution in [3.05, 3.63) is 29.8 Å². The molecule has 3 aliphatic heterocycles. The van der Waals surface area contributed by atoms with E-state index in [2.05, 4.69) is 10.2 Å². The van der Waals surface area contributed by atoms with Gasteiger partial charge in [-0.05, 0) is 81.5 Å². The molecular weight excluding hydrogens is 484 g/mol. The van der Waals surface area contributed by atoms with Crippen LogP contribution in [0.2, 0.25) is 0 Å². The standard InChI is InChI=1S/C29H40N4O5/c1-19(2)17-22(30-26(35)20-7-9-21(10-8-20)31-14-5-6-15-31)27(36)32-16-11-23-25(32)24(34)18-33(23)28(37)29(38)12-3-4-13-29/h7-10,19,22-23,25,38H,3-6,11-18H2,1-2H3,(H,30,35). The van der Waals surface area contributed by atoms with Gasteiger partial charge in [0.1, 0.15) is 17.7 Å². The van der Waals surface area contributed by atoms with E-state index < -0.39 is 23.7 Å². The van der Waals surface area contributed by atoms with Crippen molar-refractivity contribution in [1.82, 2.24) is 15.1 Å². The number of carbonyl (C=O) groups is 4. The van der Waals surface area contributed by atoms with Gasteiger partial charge in [-0.3, -0.25) is 19.2 Å². The number of amides is 3. The van der Waals surface area contributed by atoms with E-state index in [9.17, 15) is 24.3 Å². The lowest BCUT2D eigenvalue weighted by Crippen LogP contribution is -2.53. The second kappa shape index (κ2) is 10.7. The van der Waals surface area contributed by atoms with Crippen molar-refractivity contribution in [3.8, 4) is 0 Å². The molecule has 0 radical (unpaired) electrons. The normalized spacial score (nSPS) is 25.3. The third-order valence-corrected chi connectivity index (χ3v) is 8.71. The minimum atomic E-state index is -1.40. The van der Waals surface area contributed by atoms with E-state index in [1.165, 1.54) is 17.7 Å². The number of Topliss-reactive ketones (excluding diaryl/α,β-unsaturated/α-hetero) is 1. The van der Waals surface area contributed by atoms with Crippen molar-refractivity contribution in [2.24, 2.45) is 5.92 Å². The zero-order valence-corrected chi connectivity index (χ0v) is 22.5. The van der Waals surface area contributed by atoms with E-state index in [0.717, 1.165) is 31.6 Å². The molecule has 4 fully saturated rings. The zero-order chi connectivity index (χ0) is 27.0. The number of ketones is 1. The summed E-state index contributed by atoms with van der Waals surface area (Å²) in [6, 6.07) is 5.58. The molecule has 1 aliphatic carbocycles. The predicted molar refractivity (Wildman–Crippen MR) is 143 cm³/mol. The molecule has 5 rings (SSSR count). The molecule has 3 amide bonds. The van der Waals surface area contributed by atoms with Crippen LogP contribution >= 0.6 is 0 Å². The summed E-state index contributed by atoms with van der Waals surface area (Å²) < 4.78 is 0. The molecule has 4 aliphatic rings. The second-order valence-electron chi connectivity index (χ2n) is 11.9. The van der Waals surface area contributed by atoms with Gasteiger partial charge >= 0.3 is 0 Å². The molecule has 38 heavy (non-hydrogen) atoms. The van der Waals surface area contributed by atoms with Crippen molar-refractivity contribution < 1.29 is 24.3 Å². The quantitative estimate of drug-likeness (QED) is 0.566. The van der Waals surface area contributed by atoms with Gasteiger partial charge in [-0.25, -0.2) is 0 Å². The van der Waals surface area contributed by atoms with Gasteiger partial charge in [-0.2, -0.15) is 0 Å². The van der Waals surface area contributed by atoms with Gasteiger partial charge in [-0.1, -0.05) is 13.8 Å². The number of anilines is 1. The number of aliphatic hydroxyl groups is 1. The fraction of sp³-hybridized carbons (Fsp3) is 0.655. The average molecular weight is 525 g/mol. The van der Waals surface area contributed by atoms with Gasteiger partial charge in [0.15, 0.2) is 5.78 Å². The Morgan fingerprint density at radius 1 is 1.00 bits per heavy atom. The van der Waals surface area contributed by atoms with Crippen molar-refractivity contribution >= 4 is 29.2 Å². The first-order valence-corrected chi connectivity index (χ1v) is 14.2. The van der Waals surface area contributed by atoms with E-state index in [1.54, 1.807) is 17.0 Å². The smallest absolute Gasteiger partial charge is 0.255 e. The highest BCUT2D eigenvalue weighted by molar-refractivity contribution is 6.01. The lowest BCUT2D eigenvalue weighted by atomic mass is 9.99. The van der Waals surface area contributed by atoms with Crippen LogP contribution in [-0.4, -0.2) is 88.3 Å². The molecule has 0 aromatic heterocycles. The Hall–Kier alpha value is -2.94. The molecule has 1 aromatic rings. The predicted octanol–water partition coefficient (Wildman–Crippen LogP) is 2.12. The monoisotopic (exact) mass is 524 g/mol. The number of carbonyl (C=O) groups excluding carboxylic acids is 4. The molecule has 206 valence electrons. The van der Waals surface area contributed by atoms with Crippen molar-refractivity contribution in [2.45, 2.75) is 88.9 Å². The Labute approximate surface area is 224 Å². The van der Waals surface area contributed by atoms with Crippen LogP contribution in [0, 0.1) is 5.92 Å². The SMILES string of the molecule is CC(C)CC(NC(=O)c1ccc(N2CCCC2)cc1)C(=O)N1CCC2C1C(=O)CN2C(=O)C1(O)CCCC1. The lowest BCUT2D eigenvalue weighted by molar-refractivity contribution is -0.152. The van der Waals surface area contributed by atoms with Crippen LogP contribution in [-0.2, 0) is 14.4 Å². The highest BCUT2D eigenvalue weighted by Gasteiger charge is 2.55. The Bertz CT molecular complexity index is 1070.